The maximum absolute atomic E-state index is 13.5. The van der Waals surface area contributed by atoms with Crippen LogP contribution in [0.3, 0.4) is 0 Å². The summed E-state index contributed by atoms with van der Waals surface area (Å²) in [6.07, 6.45) is 1.55. The number of thiazole rings is 1. The van der Waals surface area contributed by atoms with Gasteiger partial charge in [0.1, 0.15) is 5.76 Å². The molecule has 0 aliphatic rings. The van der Waals surface area contributed by atoms with Gasteiger partial charge in [-0.2, -0.15) is 4.31 Å². The number of nitrogens with zero attached hydrogens (tertiary/aromatic N) is 3. The molecule has 2 aromatic carbocycles. The van der Waals surface area contributed by atoms with Gasteiger partial charge in [0.2, 0.25) is 10.0 Å². The van der Waals surface area contributed by atoms with Crippen LogP contribution >= 0.6 is 27.3 Å². The molecule has 4 rings (SSSR count). The zero-order valence-electron chi connectivity index (χ0n) is 18.2. The van der Waals surface area contributed by atoms with Crippen molar-refractivity contribution in [2.75, 3.05) is 11.9 Å². The average Bonchev–Trinajstić information content (AvgIpc) is 3.45. The maximum Gasteiger partial charge on any atom is 0.260 e. The second-order valence-corrected chi connectivity index (χ2v) is 11.6. The molecule has 4 aromatic rings. The summed E-state index contributed by atoms with van der Waals surface area (Å²) in [7, 11) is -2.10. The van der Waals surface area contributed by atoms with Gasteiger partial charge < -0.3 is 4.42 Å². The highest BCUT2D eigenvalue weighted by atomic mass is 79.9. The van der Waals surface area contributed by atoms with Gasteiger partial charge in [0.15, 0.2) is 5.13 Å². The van der Waals surface area contributed by atoms with Gasteiger partial charge in [0.25, 0.3) is 5.91 Å². The van der Waals surface area contributed by atoms with E-state index in [0.717, 1.165) is 14.7 Å². The zero-order valence-corrected chi connectivity index (χ0v) is 21.4. The van der Waals surface area contributed by atoms with Gasteiger partial charge in [0.05, 0.1) is 27.9 Å². The highest BCUT2D eigenvalue weighted by Crippen LogP contribution is 2.32. The Hall–Kier alpha value is -2.53. The van der Waals surface area contributed by atoms with Crippen molar-refractivity contribution in [3.8, 4) is 0 Å². The predicted octanol–water partition coefficient (Wildman–Crippen LogP) is 5.53. The van der Waals surface area contributed by atoms with Gasteiger partial charge in [-0.3, -0.25) is 9.69 Å². The average molecular weight is 548 g/mol. The van der Waals surface area contributed by atoms with E-state index in [9.17, 15) is 13.2 Å². The number of carbonyl (C=O) groups excluding carboxylic acids is 1. The van der Waals surface area contributed by atoms with Crippen LogP contribution in [-0.2, 0) is 16.6 Å². The van der Waals surface area contributed by atoms with E-state index in [1.54, 1.807) is 37.1 Å². The monoisotopic (exact) mass is 547 g/mol. The van der Waals surface area contributed by atoms with Crippen LogP contribution in [0.2, 0.25) is 0 Å². The third-order valence-corrected chi connectivity index (χ3v) is 8.80. The first-order valence-corrected chi connectivity index (χ1v) is 13.2. The molecule has 0 spiro atoms. The summed E-state index contributed by atoms with van der Waals surface area (Å²) in [5.41, 5.74) is 1.14. The Balaban J connectivity index is 1.69. The molecule has 172 valence electrons. The summed E-state index contributed by atoms with van der Waals surface area (Å²) in [4.78, 5) is 19.8. The van der Waals surface area contributed by atoms with Crippen molar-refractivity contribution in [1.82, 2.24) is 9.29 Å². The molecule has 0 fully saturated rings. The summed E-state index contributed by atoms with van der Waals surface area (Å²) >= 11 is 4.86. The largest absolute Gasteiger partial charge is 0.467 e. The van der Waals surface area contributed by atoms with Crippen molar-refractivity contribution >= 4 is 58.5 Å². The molecule has 0 bridgehead atoms. The van der Waals surface area contributed by atoms with Gasteiger partial charge >= 0.3 is 0 Å². The number of fused-ring (bicyclic) bond motifs is 1. The maximum atomic E-state index is 13.5. The minimum absolute atomic E-state index is 0.137. The van der Waals surface area contributed by atoms with Crippen LogP contribution in [0.4, 0.5) is 5.13 Å². The van der Waals surface area contributed by atoms with E-state index in [0.29, 0.717) is 16.5 Å². The molecule has 0 saturated carbocycles. The Morgan fingerprint density at radius 2 is 1.88 bits per heavy atom. The number of anilines is 1. The molecule has 1 amide bonds. The molecule has 2 heterocycles. The number of furan rings is 1. The molecule has 0 saturated heterocycles. The molecule has 0 radical (unpaired) electrons. The summed E-state index contributed by atoms with van der Waals surface area (Å²) < 4.78 is 34.1. The number of aromatic nitrogens is 1. The van der Waals surface area contributed by atoms with E-state index in [1.807, 2.05) is 18.2 Å². The van der Waals surface area contributed by atoms with Gasteiger partial charge in [-0.15, -0.1) is 0 Å². The topological polar surface area (TPSA) is 83.7 Å². The van der Waals surface area contributed by atoms with E-state index in [4.69, 9.17) is 4.42 Å². The fraction of sp³-hybridized carbons (Fsp3) is 0.217. The Labute approximate surface area is 204 Å². The van der Waals surface area contributed by atoms with Crippen molar-refractivity contribution in [1.29, 1.82) is 0 Å². The summed E-state index contributed by atoms with van der Waals surface area (Å²) in [6, 6.07) is 15.1. The van der Waals surface area contributed by atoms with E-state index in [1.165, 1.54) is 47.0 Å². The quantitative estimate of drug-likeness (QED) is 0.303. The molecule has 2 aromatic heterocycles. The van der Waals surface area contributed by atoms with Crippen LogP contribution in [0, 0.1) is 0 Å². The Morgan fingerprint density at radius 3 is 2.52 bits per heavy atom. The number of carbonyl (C=O) groups is 1. The molecule has 7 nitrogen and oxygen atoms in total. The highest BCUT2D eigenvalue weighted by Gasteiger charge is 2.26. The lowest BCUT2D eigenvalue weighted by molar-refractivity contribution is 0.0983. The molecular formula is C23H22BrN3O4S2. The first-order valence-electron chi connectivity index (χ1n) is 10.2. The first-order chi connectivity index (χ1) is 15.7. The van der Waals surface area contributed by atoms with Crippen molar-refractivity contribution in [3.63, 3.8) is 0 Å². The van der Waals surface area contributed by atoms with E-state index >= 15 is 0 Å². The standard InChI is InChI=1S/C23H22BrN3O4S2/c1-15(2)26(3)33(29,30)19-9-6-16(7-10-19)22(28)27(14-18-5-4-12-31-18)23-25-20-11-8-17(24)13-21(20)32-23/h4-13,15H,14H2,1-3H3. The third kappa shape index (κ3) is 4.89. The minimum Gasteiger partial charge on any atom is -0.467 e. The van der Waals surface area contributed by atoms with E-state index in [2.05, 4.69) is 20.9 Å². The molecule has 33 heavy (non-hydrogen) atoms. The smallest absolute Gasteiger partial charge is 0.260 e. The Kier molecular flexibility index (Phi) is 6.71. The molecule has 0 atom stereocenters. The number of halogens is 1. The second-order valence-electron chi connectivity index (χ2n) is 7.72. The number of hydrogen-bond donors (Lipinski definition) is 0. The number of hydrogen-bond acceptors (Lipinski definition) is 6. The molecule has 0 N–H and O–H groups in total. The summed E-state index contributed by atoms with van der Waals surface area (Å²) in [5.74, 6) is 0.312. The normalized spacial score (nSPS) is 12.1. The molecule has 0 aliphatic heterocycles. The Morgan fingerprint density at radius 1 is 1.15 bits per heavy atom. The van der Waals surface area contributed by atoms with Crippen molar-refractivity contribution in [2.45, 2.75) is 31.3 Å². The summed E-state index contributed by atoms with van der Waals surface area (Å²) in [6.45, 7) is 3.81. The van der Waals surface area contributed by atoms with Gasteiger partial charge in [0, 0.05) is 23.1 Å². The van der Waals surface area contributed by atoms with Crippen LogP contribution < -0.4 is 4.90 Å². The number of amides is 1. The van der Waals surface area contributed by atoms with Crippen LogP contribution in [0.1, 0.15) is 30.0 Å². The van der Waals surface area contributed by atoms with Crippen molar-refractivity contribution in [2.24, 2.45) is 0 Å². The number of rotatable bonds is 7. The van der Waals surface area contributed by atoms with Crippen LogP contribution in [0.15, 0.2) is 74.6 Å². The lowest BCUT2D eigenvalue weighted by Crippen LogP contribution is -2.33. The Bertz CT molecular complexity index is 1380. The minimum atomic E-state index is -3.64. The second kappa shape index (κ2) is 9.38. The highest BCUT2D eigenvalue weighted by molar-refractivity contribution is 9.10. The van der Waals surface area contributed by atoms with Gasteiger partial charge in [-0.25, -0.2) is 13.4 Å². The van der Waals surface area contributed by atoms with E-state index < -0.39 is 10.0 Å². The fourth-order valence-corrected chi connectivity index (χ4v) is 6.04. The molecule has 0 unspecified atom stereocenters. The first kappa shape index (κ1) is 23.6. The number of sulfonamides is 1. The zero-order chi connectivity index (χ0) is 23.8. The molecular weight excluding hydrogens is 526 g/mol. The fourth-order valence-electron chi connectivity index (χ4n) is 3.16. The van der Waals surface area contributed by atoms with Gasteiger partial charge in [-0.05, 0) is 68.4 Å². The van der Waals surface area contributed by atoms with Crippen molar-refractivity contribution in [3.05, 3.63) is 76.7 Å². The lowest BCUT2D eigenvalue weighted by atomic mass is 10.2. The van der Waals surface area contributed by atoms with Crippen LogP contribution in [0.25, 0.3) is 10.2 Å². The van der Waals surface area contributed by atoms with Crippen LogP contribution in [-0.4, -0.2) is 36.7 Å². The predicted molar refractivity (Wildman–Crippen MR) is 133 cm³/mol. The molecule has 0 aliphatic carbocycles. The van der Waals surface area contributed by atoms with Crippen molar-refractivity contribution < 1.29 is 17.6 Å². The SMILES string of the molecule is CC(C)N(C)S(=O)(=O)c1ccc(C(=O)N(Cc2ccco2)c2nc3ccc(Br)cc3s2)cc1. The molecule has 10 heteroatoms. The summed E-state index contributed by atoms with van der Waals surface area (Å²) in [5, 5.41) is 0.528. The third-order valence-electron chi connectivity index (χ3n) is 5.21. The van der Waals surface area contributed by atoms with E-state index in [-0.39, 0.29) is 23.4 Å². The lowest BCUT2D eigenvalue weighted by Gasteiger charge is -2.21. The van der Waals surface area contributed by atoms with Gasteiger partial charge in [-0.1, -0.05) is 27.3 Å². The number of benzene rings is 2. The van der Waals surface area contributed by atoms with Crippen LogP contribution in [0.5, 0.6) is 0 Å².